The van der Waals surface area contributed by atoms with Crippen LogP contribution in [0.2, 0.25) is 0 Å². The first kappa shape index (κ1) is 72.6. The molecule has 2 aliphatic heterocycles. The summed E-state index contributed by atoms with van der Waals surface area (Å²) in [6.45, 7) is 14.0. The lowest BCUT2D eigenvalue weighted by Gasteiger charge is -2.46. The molecule has 3 aliphatic rings. The Morgan fingerprint density at radius 2 is 0.512 bits per heavy atom. The van der Waals surface area contributed by atoms with E-state index in [-0.39, 0.29) is 17.5 Å². The molecule has 0 N–H and O–H groups in total. The maximum atomic E-state index is 2.80. The van der Waals surface area contributed by atoms with Crippen LogP contribution in [0.25, 0.3) is 154 Å². The van der Waals surface area contributed by atoms with E-state index in [1.54, 1.807) is 0 Å². The monoisotopic (exact) mass is 1580 g/mol. The molecule has 0 spiro atoms. The number of nitrogens with zero attached hydrogens (tertiary/aromatic N) is 6. The van der Waals surface area contributed by atoms with Crippen molar-refractivity contribution in [3.05, 3.63) is 393 Å². The maximum absolute atomic E-state index is 2.80. The Bertz CT molecular complexity index is 7190. The molecule has 0 radical (unpaired) electrons. The summed E-state index contributed by atoms with van der Waals surface area (Å²) < 4.78 is 10.1. The minimum absolute atomic E-state index is 0.212. The van der Waals surface area contributed by atoms with E-state index < -0.39 is 0 Å². The van der Waals surface area contributed by atoms with Crippen molar-refractivity contribution in [3.8, 4) is 67.3 Å². The van der Waals surface area contributed by atoms with Gasteiger partial charge in [0.05, 0.1) is 55.5 Å². The highest BCUT2D eigenvalue weighted by Crippen LogP contribution is 2.57. The van der Waals surface area contributed by atoms with Gasteiger partial charge in [-0.15, -0.1) is 0 Å². The van der Waals surface area contributed by atoms with Gasteiger partial charge in [0.1, 0.15) is 0 Å². The average molecular weight is 1580 g/mol. The van der Waals surface area contributed by atoms with Crippen molar-refractivity contribution < 1.29 is 0 Å². The number of fused-ring (bicyclic) bond motifs is 16. The van der Waals surface area contributed by atoms with Gasteiger partial charge in [-0.05, 0) is 218 Å². The van der Waals surface area contributed by atoms with Gasteiger partial charge in [0.25, 0.3) is 6.71 Å². The molecule has 24 rings (SSSR count). The van der Waals surface area contributed by atoms with Gasteiger partial charge < -0.3 is 28.1 Å². The molecule has 0 bridgehead atoms. The van der Waals surface area contributed by atoms with Gasteiger partial charge in [-0.25, -0.2) is 0 Å². The van der Waals surface area contributed by atoms with Crippen LogP contribution in [0.3, 0.4) is 0 Å². The third-order valence-electron chi connectivity index (χ3n) is 27.4. The lowest BCUT2D eigenvalue weighted by molar-refractivity contribution is 0.444. The Morgan fingerprint density at radius 3 is 0.821 bits per heavy atom. The zero-order chi connectivity index (χ0) is 82.1. The van der Waals surface area contributed by atoms with E-state index in [1.807, 2.05) is 0 Å². The SMILES string of the molecule is CC(C)(C)c1cc(-c2ccccc2)c(N2c3cc(-n4c5ccccc5c5cc(-n6c7ccccc7c7ccccc76)ccc54)ccc3B3c4ccc(-n5c6ccccc6c6cc(-n7c8ccccc8c8ccccc87)ccc65)cc4N(c4c(-c5ccccc5)cc(C(C)(C)C)cc4-c4ccccc4)c4cc(C5CCCCC5)cc2c43)c(-c2ccccc2)c1. The predicted molar refractivity (Wildman–Crippen MR) is 523 cm³/mol. The first-order valence-corrected chi connectivity index (χ1v) is 44.0. The smallest absolute Gasteiger partial charge is 0.252 e. The van der Waals surface area contributed by atoms with Crippen molar-refractivity contribution in [2.24, 2.45) is 0 Å². The van der Waals surface area contributed by atoms with E-state index >= 15 is 0 Å². The number of rotatable bonds is 11. The second-order valence-electron chi connectivity index (χ2n) is 36.5. The maximum Gasteiger partial charge on any atom is 0.252 e. The lowest BCUT2D eigenvalue weighted by atomic mass is 9.33. The Balaban J connectivity index is 0.833. The molecule has 6 nitrogen and oxygen atoms in total. The molecule has 0 unspecified atom stereocenters. The minimum Gasteiger partial charge on any atom is -0.310 e. The summed E-state index contributed by atoms with van der Waals surface area (Å²) in [6.07, 6.45) is 5.81. The molecule has 6 heterocycles. The second kappa shape index (κ2) is 28.1. The summed E-state index contributed by atoms with van der Waals surface area (Å²) >= 11 is 0. The van der Waals surface area contributed by atoms with Gasteiger partial charge in [-0.1, -0.05) is 303 Å². The van der Waals surface area contributed by atoms with Crippen LogP contribution in [0.4, 0.5) is 34.1 Å². The fraction of sp³-hybridized carbons (Fsp3) is 0.121. The van der Waals surface area contributed by atoms with Gasteiger partial charge in [0, 0.05) is 111 Å². The Labute approximate surface area is 718 Å². The van der Waals surface area contributed by atoms with Crippen LogP contribution >= 0.6 is 0 Å². The van der Waals surface area contributed by atoms with E-state index in [9.17, 15) is 0 Å². The molecule has 0 saturated heterocycles. The third kappa shape index (κ3) is 11.5. The number of benzene rings is 17. The molecule has 17 aromatic carbocycles. The Morgan fingerprint density at radius 1 is 0.244 bits per heavy atom. The van der Waals surface area contributed by atoms with E-state index in [1.165, 1.54) is 173 Å². The highest BCUT2D eigenvalue weighted by Gasteiger charge is 2.47. The minimum atomic E-state index is -0.266. The van der Waals surface area contributed by atoms with Crippen molar-refractivity contribution in [3.63, 3.8) is 0 Å². The molecule has 1 aliphatic carbocycles. The zero-order valence-corrected chi connectivity index (χ0v) is 70.2. The molecule has 7 heteroatoms. The van der Waals surface area contributed by atoms with Crippen molar-refractivity contribution in [2.75, 3.05) is 9.80 Å². The fourth-order valence-electron chi connectivity index (χ4n) is 21.5. The standard InChI is InChI=1S/C116H91BN6/c1-115(2,3)80-66-92(75-36-14-8-15-37-75)113(93(67-80)76-38-16-9-17-39-76)122-108-72-84(120-104-54-32-26-48-90(104)96-70-82(58-62-106(96)120)118-100-50-28-22-44-86(100)87-45-23-29-51-101(87)118)56-60-98(108)117-99-61-57-85(121-105-55-33-27-49-91(105)97-71-83(59-63-107(97)121)119-102-52-30-24-46-88(102)89-47-25-31-53-103(89)119)73-109(99)123(111-65-79(64-110(122)112(111)117)74-34-12-7-13-35-74)114-94(77-40-18-10-19-41-77)68-81(116(4,5)6)69-95(114)78-42-20-11-21-43-78/h8-11,14-33,36-74H,7,12-13,34-35H2,1-6H3. The highest BCUT2D eigenvalue weighted by molar-refractivity contribution is 7.00. The molecule has 1 saturated carbocycles. The highest BCUT2D eigenvalue weighted by atomic mass is 15.2. The summed E-state index contributed by atoms with van der Waals surface area (Å²) in [5, 5.41) is 9.81. The Hall–Kier alpha value is -14.4. The zero-order valence-electron chi connectivity index (χ0n) is 70.2. The Kier molecular flexibility index (Phi) is 16.6. The molecule has 4 aromatic heterocycles. The summed E-state index contributed by atoms with van der Waals surface area (Å²) in [5.74, 6) is 0.300. The molecule has 588 valence electrons. The van der Waals surface area contributed by atoms with E-state index in [2.05, 4.69) is 446 Å². The number of hydrogen-bond acceptors (Lipinski definition) is 2. The van der Waals surface area contributed by atoms with Crippen LogP contribution in [-0.4, -0.2) is 25.0 Å². The van der Waals surface area contributed by atoms with Gasteiger partial charge in [0.15, 0.2) is 0 Å². The fourth-order valence-corrected chi connectivity index (χ4v) is 21.5. The molecule has 21 aromatic rings. The molecule has 123 heavy (non-hydrogen) atoms. The van der Waals surface area contributed by atoms with Crippen molar-refractivity contribution in [2.45, 2.75) is 90.4 Å². The van der Waals surface area contributed by atoms with E-state index in [4.69, 9.17) is 0 Å². The van der Waals surface area contributed by atoms with Crippen LogP contribution in [0, 0.1) is 0 Å². The number of aromatic nitrogens is 4. The van der Waals surface area contributed by atoms with Crippen molar-refractivity contribution in [1.29, 1.82) is 0 Å². The van der Waals surface area contributed by atoms with Gasteiger partial charge in [-0.3, -0.25) is 0 Å². The lowest BCUT2D eigenvalue weighted by Crippen LogP contribution is -2.61. The summed E-state index contributed by atoms with van der Waals surface area (Å²) in [5.41, 5.74) is 37.5. The predicted octanol–water partition coefficient (Wildman–Crippen LogP) is 29.5. The topological polar surface area (TPSA) is 26.2 Å². The number of hydrogen-bond donors (Lipinski definition) is 0. The largest absolute Gasteiger partial charge is 0.310 e. The molecule has 0 atom stereocenters. The van der Waals surface area contributed by atoms with Crippen LogP contribution in [-0.2, 0) is 10.8 Å². The summed E-state index contributed by atoms with van der Waals surface area (Å²) in [6, 6.07) is 144. The van der Waals surface area contributed by atoms with Crippen LogP contribution in [0.15, 0.2) is 376 Å². The quantitative estimate of drug-likeness (QED) is 0.121. The molecule has 0 amide bonds. The van der Waals surface area contributed by atoms with E-state index in [0.717, 1.165) is 80.4 Å². The first-order valence-electron chi connectivity index (χ1n) is 44.0. The molecule has 1 fully saturated rings. The van der Waals surface area contributed by atoms with Gasteiger partial charge in [0.2, 0.25) is 0 Å². The van der Waals surface area contributed by atoms with Crippen LogP contribution < -0.4 is 26.2 Å². The van der Waals surface area contributed by atoms with Crippen molar-refractivity contribution >= 4 is 144 Å². The van der Waals surface area contributed by atoms with Crippen LogP contribution in [0.1, 0.15) is 96.3 Å². The average Bonchev–Trinajstić information content (AvgIpc) is 1.23. The third-order valence-corrected chi connectivity index (χ3v) is 27.4. The first-order chi connectivity index (χ1) is 60.3. The summed E-state index contributed by atoms with van der Waals surface area (Å²) in [7, 11) is 0. The second-order valence-corrected chi connectivity index (χ2v) is 36.5. The van der Waals surface area contributed by atoms with Crippen LogP contribution in [0.5, 0.6) is 0 Å². The normalized spacial score (nSPS) is 13.7. The van der Waals surface area contributed by atoms with Crippen molar-refractivity contribution in [1.82, 2.24) is 18.3 Å². The van der Waals surface area contributed by atoms with Gasteiger partial charge in [-0.2, -0.15) is 0 Å². The van der Waals surface area contributed by atoms with Gasteiger partial charge >= 0.3 is 0 Å². The summed E-state index contributed by atoms with van der Waals surface area (Å²) in [4.78, 5) is 5.60. The number of para-hydroxylation sites is 6. The molecular formula is C116H91BN6. The molecular weight excluding hydrogens is 1490 g/mol. The number of anilines is 6. The van der Waals surface area contributed by atoms with E-state index in [0.29, 0.717) is 5.92 Å².